The smallest absolute Gasteiger partial charge is 0.370 e. The first-order chi connectivity index (χ1) is 11.4. The van der Waals surface area contributed by atoms with Gasteiger partial charge in [-0.1, -0.05) is 23.7 Å². The third-order valence-electron chi connectivity index (χ3n) is 3.79. The van der Waals surface area contributed by atoms with Gasteiger partial charge in [-0.3, -0.25) is 4.79 Å². The van der Waals surface area contributed by atoms with E-state index in [0.717, 1.165) is 12.1 Å². The van der Waals surface area contributed by atoms with E-state index < -0.39 is 23.4 Å². The molecule has 128 valence electrons. The minimum absolute atomic E-state index is 0.0260. The lowest BCUT2D eigenvalue weighted by Crippen LogP contribution is -2.39. The maximum absolute atomic E-state index is 12.6. The van der Waals surface area contributed by atoms with Crippen molar-refractivity contribution in [3.8, 4) is 0 Å². The van der Waals surface area contributed by atoms with E-state index in [4.69, 9.17) is 16.3 Å². The second kappa shape index (κ2) is 6.45. The molecule has 2 aromatic rings. The summed E-state index contributed by atoms with van der Waals surface area (Å²) in [4.78, 5) is 13.4. The van der Waals surface area contributed by atoms with E-state index in [1.807, 2.05) is 4.90 Å². The molecule has 1 aromatic heterocycles. The Morgan fingerprint density at radius 3 is 2.67 bits per heavy atom. The molecule has 0 amide bonds. The Kier molecular flexibility index (Phi) is 4.51. The number of nitrogens with one attached hydrogen (secondary N) is 1. The van der Waals surface area contributed by atoms with Crippen molar-refractivity contribution in [2.24, 2.45) is 0 Å². The highest BCUT2D eigenvalue weighted by Gasteiger charge is 2.31. The first-order valence-electron chi connectivity index (χ1n) is 7.13. The Morgan fingerprint density at radius 1 is 1.29 bits per heavy atom. The Bertz CT molecular complexity index is 777. The van der Waals surface area contributed by atoms with Crippen LogP contribution in [0.2, 0.25) is 5.02 Å². The Hall–Kier alpha value is -2.06. The van der Waals surface area contributed by atoms with Crippen LogP contribution in [-0.2, 0) is 10.9 Å². The normalized spacial score (nSPS) is 18.7. The number of hydrogen-bond donors (Lipinski definition) is 1. The molecule has 1 atom stereocenters. The molecule has 3 rings (SSSR count). The third-order valence-corrected chi connectivity index (χ3v) is 4.16. The van der Waals surface area contributed by atoms with E-state index in [-0.39, 0.29) is 5.02 Å². The number of nitrogens with zero attached hydrogens (tertiary/aromatic N) is 2. The van der Waals surface area contributed by atoms with Gasteiger partial charge in [0.25, 0.3) is 5.56 Å². The SMILES string of the molecule is O=c1[nH]ncc(N2CCOC(c3ccc(C(F)(F)F)cc3)C2)c1Cl. The molecular formula is C15H13ClF3N3O2. The Morgan fingerprint density at radius 2 is 2.00 bits per heavy atom. The molecule has 1 N–H and O–H groups in total. The number of anilines is 1. The van der Waals surface area contributed by atoms with Crippen molar-refractivity contribution in [3.05, 3.63) is 57.0 Å². The second-order valence-electron chi connectivity index (χ2n) is 5.32. The third kappa shape index (κ3) is 3.39. The van der Waals surface area contributed by atoms with Crippen molar-refractivity contribution in [3.63, 3.8) is 0 Å². The maximum atomic E-state index is 12.6. The van der Waals surface area contributed by atoms with Crippen LogP contribution in [0.4, 0.5) is 18.9 Å². The molecule has 1 aromatic carbocycles. The summed E-state index contributed by atoms with van der Waals surface area (Å²) in [7, 11) is 0. The van der Waals surface area contributed by atoms with Gasteiger partial charge >= 0.3 is 6.18 Å². The summed E-state index contributed by atoms with van der Waals surface area (Å²) in [5.41, 5.74) is -0.102. The number of halogens is 4. The largest absolute Gasteiger partial charge is 0.416 e. The predicted molar refractivity (Wildman–Crippen MR) is 82.2 cm³/mol. The zero-order chi connectivity index (χ0) is 17.3. The summed E-state index contributed by atoms with van der Waals surface area (Å²) >= 11 is 6.00. The summed E-state index contributed by atoms with van der Waals surface area (Å²) < 4.78 is 43.5. The zero-order valence-electron chi connectivity index (χ0n) is 12.3. The van der Waals surface area contributed by atoms with Crippen molar-refractivity contribution in [2.75, 3.05) is 24.6 Å². The van der Waals surface area contributed by atoms with E-state index in [2.05, 4.69) is 10.2 Å². The van der Waals surface area contributed by atoms with Crippen LogP contribution >= 0.6 is 11.6 Å². The van der Waals surface area contributed by atoms with Gasteiger partial charge in [0.1, 0.15) is 11.1 Å². The molecule has 5 nitrogen and oxygen atoms in total. The van der Waals surface area contributed by atoms with Gasteiger partial charge in [-0.25, -0.2) is 5.10 Å². The van der Waals surface area contributed by atoms with E-state index >= 15 is 0 Å². The molecule has 1 saturated heterocycles. The number of aromatic nitrogens is 2. The summed E-state index contributed by atoms with van der Waals surface area (Å²) in [6.07, 6.45) is -3.35. The van der Waals surface area contributed by atoms with Gasteiger partial charge in [-0.2, -0.15) is 18.3 Å². The number of H-pyrrole nitrogens is 1. The van der Waals surface area contributed by atoms with Crippen LogP contribution in [-0.4, -0.2) is 29.9 Å². The molecule has 0 aliphatic carbocycles. The fourth-order valence-electron chi connectivity index (χ4n) is 2.55. The topological polar surface area (TPSA) is 58.2 Å². The van der Waals surface area contributed by atoms with Crippen LogP contribution in [0.25, 0.3) is 0 Å². The Balaban J connectivity index is 1.81. The molecule has 0 radical (unpaired) electrons. The maximum Gasteiger partial charge on any atom is 0.416 e. The molecule has 1 aliphatic rings. The summed E-state index contributed by atoms with van der Waals surface area (Å²) in [6, 6.07) is 4.85. The Labute approximate surface area is 140 Å². The van der Waals surface area contributed by atoms with Crippen LogP contribution in [0.1, 0.15) is 17.2 Å². The standard InChI is InChI=1S/C15H13ClF3N3O2/c16-13-11(7-20-21-14(13)23)22-5-6-24-12(8-22)9-1-3-10(4-2-9)15(17,18)19/h1-4,7,12H,5-6,8H2,(H,21,23). The van der Waals surface area contributed by atoms with Gasteiger partial charge in [0.2, 0.25) is 0 Å². The van der Waals surface area contributed by atoms with Crippen LogP contribution in [0.5, 0.6) is 0 Å². The van der Waals surface area contributed by atoms with Crippen LogP contribution in [0.3, 0.4) is 0 Å². The van der Waals surface area contributed by atoms with Crippen molar-refractivity contribution in [1.29, 1.82) is 0 Å². The molecule has 9 heteroatoms. The summed E-state index contributed by atoms with van der Waals surface area (Å²) in [5, 5.41) is 5.99. The minimum Gasteiger partial charge on any atom is -0.370 e. The van der Waals surface area contributed by atoms with Crippen LogP contribution in [0, 0.1) is 0 Å². The van der Waals surface area contributed by atoms with Crippen molar-refractivity contribution < 1.29 is 17.9 Å². The number of benzene rings is 1. The highest BCUT2D eigenvalue weighted by atomic mass is 35.5. The average molecular weight is 360 g/mol. The van der Waals surface area contributed by atoms with Gasteiger partial charge in [0.05, 0.1) is 24.1 Å². The van der Waals surface area contributed by atoms with E-state index in [1.54, 1.807) is 0 Å². The van der Waals surface area contributed by atoms with Crippen molar-refractivity contribution in [2.45, 2.75) is 12.3 Å². The predicted octanol–water partition coefficient (Wildman–Crippen LogP) is 3.02. The van der Waals surface area contributed by atoms with Gasteiger partial charge in [0, 0.05) is 13.1 Å². The van der Waals surface area contributed by atoms with Crippen LogP contribution in [0.15, 0.2) is 35.3 Å². The molecule has 1 fully saturated rings. The number of aromatic amines is 1. The number of ether oxygens (including phenoxy) is 1. The highest BCUT2D eigenvalue weighted by molar-refractivity contribution is 6.33. The molecule has 2 heterocycles. The van der Waals surface area contributed by atoms with Gasteiger partial charge in [0.15, 0.2) is 0 Å². The molecule has 0 bridgehead atoms. The lowest BCUT2D eigenvalue weighted by Gasteiger charge is -2.34. The lowest BCUT2D eigenvalue weighted by molar-refractivity contribution is -0.137. The summed E-state index contributed by atoms with van der Waals surface area (Å²) in [6.45, 7) is 1.22. The molecule has 0 saturated carbocycles. The molecule has 24 heavy (non-hydrogen) atoms. The van der Waals surface area contributed by atoms with Crippen molar-refractivity contribution >= 4 is 17.3 Å². The zero-order valence-corrected chi connectivity index (χ0v) is 13.1. The molecular weight excluding hydrogens is 347 g/mol. The van der Waals surface area contributed by atoms with Crippen molar-refractivity contribution in [1.82, 2.24) is 10.2 Å². The minimum atomic E-state index is -4.37. The first kappa shape index (κ1) is 16.8. The highest BCUT2D eigenvalue weighted by Crippen LogP contribution is 2.32. The number of alkyl halides is 3. The second-order valence-corrected chi connectivity index (χ2v) is 5.70. The van der Waals surface area contributed by atoms with E-state index in [1.165, 1.54) is 18.3 Å². The summed E-state index contributed by atoms with van der Waals surface area (Å²) in [5.74, 6) is 0. The fourth-order valence-corrected chi connectivity index (χ4v) is 2.76. The van der Waals surface area contributed by atoms with Gasteiger partial charge < -0.3 is 9.64 Å². The molecule has 0 spiro atoms. The van der Waals surface area contributed by atoms with E-state index in [9.17, 15) is 18.0 Å². The number of hydrogen-bond acceptors (Lipinski definition) is 4. The van der Waals surface area contributed by atoms with E-state index in [0.29, 0.717) is 30.9 Å². The monoisotopic (exact) mass is 359 g/mol. The number of rotatable bonds is 2. The fraction of sp³-hybridized carbons (Fsp3) is 0.333. The van der Waals surface area contributed by atoms with Gasteiger partial charge in [-0.05, 0) is 17.7 Å². The van der Waals surface area contributed by atoms with Crippen LogP contribution < -0.4 is 10.5 Å². The number of morpholine rings is 1. The first-order valence-corrected chi connectivity index (χ1v) is 7.51. The lowest BCUT2D eigenvalue weighted by atomic mass is 10.0. The average Bonchev–Trinajstić information content (AvgIpc) is 2.57. The van der Waals surface area contributed by atoms with Gasteiger partial charge in [-0.15, -0.1) is 0 Å². The molecule has 1 aliphatic heterocycles. The quantitative estimate of drug-likeness (QED) is 0.895. The molecule has 1 unspecified atom stereocenters.